The van der Waals surface area contributed by atoms with Crippen molar-refractivity contribution >= 4 is 0 Å². The molecule has 2 unspecified atom stereocenters. The second-order valence-corrected chi connectivity index (χ2v) is 4.55. The highest BCUT2D eigenvalue weighted by atomic mass is 14.9. The number of rotatable bonds is 6. The molecule has 1 rings (SSSR count). The summed E-state index contributed by atoms with van der Waals surface area (Å²) < 4.78 is 0. The van der Waals surface area contributed by atoms with Gasteiger partial charge in [-0.15, -0.1) is 0 Å². The molecule has 1 aromatic rings. The monoisotopic (exact) mass is 220 g/mol. The molecule has 1 aromatic heterocycles. The van der Waals surface area contributed by atoms with Gasteiger partial charge in [-0.05, 0) is 43.0 Å². The lowest BCUT2D eigenvalue weighted by molar-refractivity contribution is 0.375. The van der Waals surface area contributed by atoms with E-state index in [1.54, 1.807) is 0 Å². The van der Waals surface area contributed by atoms with E-state index in [4.69, 9.17) is 0 Å². The van der Waals surface area contributed by atoms with Crippen molar-refractivity contribution in [2.24, 2.45) is 5.92 Å². The maximum absolute atomic E-state index is 4.25. The van der Waals surface area contributed by atoms with Crippen molar-refractivity contribution in [1.29, 1.82) is 0 Å². The predicted molar refractivity (Wildman–Crippen MR) is 69.5 cm³/mol. The molecular formula is C14H24N2. The fraction of sp³-hybridized carbons (Fsp3) is 0.643. The van der Waals surface area contributed by atoms with Crippen LogP contribution < -0.4 is 5.32 Å². The Bertz CT molecular complexity index is 309. The second kappa shape index (κ2) is 6.64. The minimum Gasteiger partial charge on any atom is -0.310 e. The van der Waals surface area contributed by atoms with Crippen LogP contribution >= 0.6 is 0 Å². The summed E-state index contributed by atoms with van der Waals surface area (Å²) in [5, 5.41) is 3.64. The van der Waals surface area contributed by atoms with Crippen LogP contribution in [-0.2, 0) is 0 Å². The molecule has 0 aliphatic carbocycles. The smallest absolute Gasteiger partial charge is 0.0363 e. The van der Waals surface area contributed by atoms with Crippen molar-refractivity contribution in [3.8, 4) is 0 Å². The molecule has 0 aliphatic rings. The van der Waals surface area contributed by atoms with Gasteiger partial charge in [0, 0.05) is 18.4 Å². The third-order valence-corrected chi connectivity index (χ3v) is 3.24. The van der Waals surface area contributed by atoms with Crippen LogP contribution in [0.25, 0.3) is 0 Å². The number of pyridine rings is 1. The number of hydrogen-bond acceptors (Lipinski definition) is 2. The Morgan fingerprint density at radius 1 is 1.38 bits per heavy atom. The zero-order valence-corrected chi connectivity index (χ0v) is 11.0. The van der Waals surface area contributed by atoms with Crippen molar-refractivity contribution in [1.82, 2.24) is 10.3 Å². The fourth-order valence-corrected chi connectivity index (χ4v) is 1.96. The Labute approximate surface area is 99.5 Å². The summed E-state index contributed by atoms with van der Waals surface area (Å²) in [6, 6.07) is 2.54. The van der Waals surface area contributed by atoms with E-state index in [-0.39, 0.29) is 0 Å². The Kier molecular flexibility index (Phi) is 5.47. The third kappa shape index (κ3) is 3.31. The Morgan fingerprint density at radius 2 is 2.12 bits per heavy atom. The first-order valence-corrected chi connectivity index (χ1v) is 6.34. The van der Waals surface area contributed by atoms with E-state index in [1.165, 1.54) is 24.0 Å². The first-order valence-electron chi connectivity index (χ1n) is 6.34. The standard InChI is InChI=1S/C14H24N2/c1-5-8-16-14(11(3)6-2)13-10-15-9-7-12(13)4/h7,9-11,14,16H,5-6,8H2,1-4H3. The zero-order chi connectivity index (χ0) is 12.0. The average Bonchev–Trinajstić information content (AvgIpc) is 2.31. The molecule has 0 aliphatic heterocycles. The second-order valence-electron chi connectivity index (χ2n) is 4.55. The van der Waals surface area contributed by atoms with Gasteiger partial charge < -0.3 is 5.32 Å². The van der Waals surface area contributed by atoms with Gasteiger partial charge in [0.25, 0.3) is 0 Å². The molecule has 2 heteroatoms. The van der Waals surface area contributed by atoms with Crippen LogP contribution in [-0.4, -0.2) is 11.5 Å². The van der Waals surface area contributed by atoms with E-state index in [1.807, 2.05) is 12.4 Å². The summed E-state index contributed by atoms with van der Waals surface area (Å²) in [6.45, 7) is 10.00. The van der Waals surface area contributed by atoms with E-state index in [0.717, 1.165) is 6.54 Å². The summed E-state index contributed by atoms with van der Waals surface area (Å²) in [6.07, 6.45) is 6.24. The lowest BCUT2D eigenvalue weighted by atomic mass is 9.91. The maximum atomic E-state index is 4.25. The van der Waals surface area contributed by atoms with E-state index < -0.39 is 0 Å². The van der Waals surface area contributed by atoms with Crippen molar-refractivity contribution in [3.05, 3.63) is 29.6 Å². The lowest BCUT2D eigenvalue weighted by Crippen LogP contribution is -2.28. The maximum Gasteiger partial charge on any atom is 0.0363 e. The lowest BCUT2D eigenvalue weighted by Gasteiger charge is -2.25. The van der Waals surface area contributed by atoms with E-state index in [9.17, 15) is 0 Å². The van der Waals surface area contributed by atoms with Crippen molar-refractivity contribution in [2.75, 3.05) is 6.54 Å². The number of aromatic nitrogens is 1. The van der Waals surface area contributed by atoms with E-state index in [0.29, 0.717) is 12.0 Å². The minimum absolute atomic E-state index is 0.443. The molecule has 2 atom stereocenters. The van der Waals surface area contributed by atoms with Gasteiger partial charge in [0.15, 0.2) is 0 Å². The molecule has 0 saturated carbocycles. The normalized spacial score (nSPS) is 14.8. The first kappa shape index (κ1) is 13.2. The molecule has 0 radical (unpaired) electrons. The Hall–Kier alpha value is -0.890. The molecule has 16 heavy (non-hydrogen) atoms. The Morgan fingerprint density at radius 3 is 2.69 bits per heavy atom. The molecule has 0 saturated heterocycles. The molecule has 1 heterocycles. The molecular weight excluding hydrogens is 196 g/mol. The molecule has 2 nitrogen and oxygen atoms in total. The predicted octanol–water partition coefficient (Wildman–Crippen LogP) is 3.48. The summed E-state index contributed by atoms with van der Waals surface area (Å²) >= 11 is 0. The molecule has 0 spiro atoms. The number of nitrogens with zero attached hydrogens (tertiary/aromatic N) is 1. The molecule has 0 bridgehead atoms. The van der Waals surface area contributed by atoms with Crippen LogP contribution in [0.1, 0.15) is 50.8 Å². The van der Waals surface area contributed by atoms with E-state index in [2.05, 4.69) is 44.1 Å². The van der Waals surface area contributed by atoms with Crippen LogP contribution in [0, 0.1) is 12.8 Å². The summed E-state index contributed by atoms with van der Waals surface area (Å²) in [7, 11) is 0. The minimum atomic E-state index is 0.443. The molecule has 90 valence electrons. The highest BCUT2D eigenvalue weighted by Crippen LogP contribution is 2.26. The summed E-state index contributed by atoms with van der Waals surface area (Å²) in [4.78, 5) is 4.25. The third-order valence-electron chi connectivity index (χ3n) is 3.24. The summed E-state index contributed by atoms with van der Waals surface area (Å²) in [5.41, 5.74) is 2.69. The first-order chi connectivity index (χ1) is 7.70. The topological polar surface area (TPSA) is 24.9 Å². The van der Waals surface area contributed by atoms with Gasteiger partial charge in [0.05, 0.1) is 0 Å². The molecule has 0 aromatic carbocycles. The van der Waals surface area contributed by atoms with E-state index >= 15 is 0 Å². The van der Waals surface area contributed by atoms with Crippen LogP contribution in [0.5, 0.6) is 0 Å². The molecule has 1 N–H and O–H groups in total. The highest BCUT2D eigenvalue weighted by molar-refractivity contribution is 5.25. The van der Waals surface area contributed by atoms with Gasteiger partial charge in [-0.1, -0.05) is 27.2 Å². The van der Waals surface area contributed by atoms with Gasteiger partial charge in [-0.2, -0.15) is 0 Å². The van der Waals surface area contributed by atoms with Crippen LogP contribution in [0.15, 0.2) is 18.5 Å². The van der Waals surface area contributed by atoms with Gasteiger partial charge >= 0.3 is 0 Å². The quantitative estimate of drug-likeness (QED) is 0.794. The van der Waals surface area contributed by atoms with Crippen molar-refractivity contribution in [2.45, 2.75) is 46.6 Å². The fourth-order valence-electron chi connectivity index (χ4n) is 1.96. The SMILES string of the molecule is CCCNC(c1cnccc1C)C(C)CC. The Balaban J connectivity index is 2.87. The van der Waals surface area contributed by atoms with Crippen LogP contribution in [0.2, 0.25) is 0 Å². The van der Waals surface area contributed by atoms with Crippen LogP contribution in [0.3, 0.4) is 0 Å². The average molecular weight is 220 g/mol. The van der Waals surface area contributed by atoms with Gasteiger partial charge in [0.1, 0.15) is 0 Å². The number of hydrogen-bond donors (Lipinski definition) is 1. The van der Waals surface area contributed by atoms with Crippen molar-refractivity contribution in [3.63, 3.8) is 0 Å². The van der Waals surface area contributed by atoms with Crippen LogP contribution in [0.4, 0.5) is 0 Å². The molecule has 0 fully saturated rings. The highest BCUT2D eigenvalue weighted by Gasteiger charge is 2.18. The largest absolute Gasteiger partial charge is 0.310 e. The van der Waals surface area contributed by atoms with Gasteiger partial charge in [-0.25, -0.2) is 0 Å². The number of nitrogens with one attached hydrogen (secondary N) is 1. The van der Waals surface area contributed by atoms with Gasteiger partial charge in [-0.3, -0.25) is 4.98 Å². The van der Waals surface area contributed by atoms with Gasteiger partial charge in [0.2, 0.25) is 0 Å². The molecule has 0 amide bonds. The summed E-state index contributed by atoms with van der Waals surface area (Å²) in [5.74, 6) is 0.648. The van der Waals surface area contributed by atoms with Crippen molar-refractivity contribution < 1.29 is 0 Å². The zero-order valence-electron chi connectivity index (χ0n) is 11.0. The number of aryl methyl sites for hydroxylation is 1.